The van der Waals surface area contributed by atoms with Gasteiger partial charge in [-0.3, -0.25) is 20.0 Å². The van der Waals surface area contributed by atoms with Gasteiger partial charge >= 0.3 is 6.09 Å². The number of hydroxylamine groups is 1. The van der Waals surface area contributed by atoms with E-state index in [2.05, 4.69) is 10.8 Å². The first-order chi connectivity index (χ1) is 15.8. The number of cyclic esters (lactones) is 1. The van der Waals surface area contributed by atoms with Gasteiger partial charge < -0.3 is 25.2 Å². The van der Waals surface area contributed by atoms with Crippen molar-refractivity contribution in [3.63, 3.8) is 0 Å². The molecule has 1 aliphatic carbocycles. The Labute approximate surface area is 188 Å². The third-order valence-electron chi connectivity index (χ3n) is 5.94. The monoisotopic (exact) mass is 468 g/mol. The van der Waals surface area contributed by atoms with E-state index in [-0.39, 0.29) is 48.8 Å². The van der Waals surface area contributed by atoms with Crippen LogP contribution in [0.1, 0.15) is 6.92 Å². The highest BCUT2D eigenvalue weighted by molar-refractivity contribution is 5.90. The van der Waals surface area contributed by atoms with Crippen LogP contribution in [-0.4, -0.2) is 73.8 Å². The van der Waals surface area contributed by atoms with E-state index in [4.69, 9.17) is 14.7 Å². The maximum atomic E-state index is 14.9. The van der Waals surface area contributed by atoms with E-state index in [1.807, 2.05) is 0 Å². The van der Waals surface area contributed by atoms with Gasteiger partial charge in [0.2, 0.25) is 5.91 Å². The second-order valence-electron chi connectivity index (χ2n) is 8.34. The van der Waals surface area contributed by atoms with Crippen LogP contribution in [0.25, 0.3) is 0 Å². The summed E-state index contributed by atoms with van der Waals surface area (Å²) < 4.78 is 34.9. The Kier molecular flexibility index (Phi) is 6.68. The summed E-state index contributed by atoms with van der Waals surface area (Å²) in [5, 5.41) is 20.5. The van der Waals surface area contributed by atoms with E-state index in [0.717, 1.165) is 22.6 Å². The number of hydrogen-bond acceptors (Lipinski definition) is 8. The lowest BCUT2D eigenvalue weighted by molar-refractivity contribution is -0.119. The van der Waals surface area contributed by atoms with Crippen LogP contribution in [-0.2, 0) is 14.4 Å². The Balaban J connectivity index is 1.35. The zero-order valence-electron chi connectivity index (χ0n) is 18.0. The number of rotatable bonds is 9. The molecule has 0 spiro atoms. The average Bonchev–Trinajstić information content (AvgIpc) is 3.08. The van der Waals surface area contributed by atoms with Gasteiger partial charge in [-0.05, 0) is 5.57 Å². The van der Waals surface area contributed by atoms with Gasteiger partial charge in [-0.15, -0.1) is 0 Å². The number of nitrogens with one attached hydrogen (secondary N) is 2. The molecule has 4 rings (SSSR count). The first-order valence-corrected chi connectivity index (χ1v) is 10.6. The van der Waals surface area contributed by atoms with Gasteiger partial charge in [0.1, 0.15) is 24.5 Å². The van der Waals surface area contributed by atoms with Gasteiger partial charge in [-0.1, -0.05) is 0 Å². The molecule has 2 amide bonds. The van der Waals surface area contributed by atoms with Crippen molar-refractivity contribution in [2.24, 2.45) is 11.8 Å². The zero-order chi connectivity index (χ0) is 23.7. The summed E-state index contributed by atoms with van der Waals surface area (Å²) >= 11 is 0. The van der Waals surface area contributed by atoms with Crippen LogP contribution in [0.15, 0.2) is 23.9 Å². The third kappa shape index (κ3) is 5.02. The Morgan fingerprint density at radius 3 is 2.58 bits per heavy atom. The summed E-state index contributed by atoms with van der Waals surface area (Å²) in [5.74, 6) is -1.52. The molecule has 4 N–H and O–H groups in total. The molecular weight excluding hydrogens is 442 g/mol. The first kappa shape index (κ1) is 23.2. The Morgan fingerprint density at radius 1 is 1.30 bits per heavy atom. The summed E-state index contributed by atoms with van der Waals surface area (Å²) in [7, 11) is 0. The number of piperidine rings is 1. The number of fused-ring (bicyclic) bond motifs is 1. The SMILES string of the molecule is CC(=O)NC[C@H]1CN(c2cc(F)c(N3C[C@@H]4C(=CNOCC(O)CO)[C@@H]4C3)c(F)c2)C(=O)O1. The molecule has 0 aromatic heterocycles. The number of anilines is 2. The molecule has 180 valence electrons. The summed E-state index contributed by atoms with van der Waals surface area (Å²) in [4.78, 5) is 31.0. The van der Waals surface area contributed by atoms with Crippen LogP contribution < -0.4 is 20.6 Å². The number of aliphatic hydroxyl groups is 2. The van der Waals surface area contributed by atoms with E-state index in [1.165, 1.54) is 6.92 Å². The maximum Gasteiger partial charge on any atom is 0.414 e. The average molecular weight is 468 g/mol. The van der Waals surface area contributed by atoms with E-state index < -0.39 is 36.5 Å². The second-order valence-corrected chi connectivity index (χ2v) is 8.34. The molecule has 2 heterocycles. The van der Waals surface area contributed by atoms with Crippen LogP contribution in [0.5, 0.6) is 0 Å². The zero-order valence-corrected chi connectivity index (χ0v) is 18.0. The molecule has 4 atom stereocenters. The predicted octanol–water partition coefficient (Wildman–Crippen LogP) is 0.250. The number of halogens is 2. The van der Waals surface area contributed by atoms with Gasteiger partial charge in [0.25, 0.3) is 0 Å². The fourth-order valence-corrected chi connectivity index (χ4v) is 4.23. The molecule has 1 aromatic carbocycles. The highest BCUT2D eigenvalue weighted by Crippen LogP contribution is 2.52. The molecule has 1 saturated carbocycles. The quantitative estimate of drug-likeness (QED) is 0.301. The van der Waals surface area contributed by atoms with Crippen molar-refractivity contribution in [1.82, 2.24) is 10.8 Å². The second kappa shape index (κ2) is 9.49. The predicted molar refractivity (Wildman–Crippen MR) is 112 cm³/mol. The van der Waals surface area contributed by atoms with Crippen LogP contribution in [0, 0.1) is 23.5 Å². The number of aliphatic hydroxyl groups excluding tert-OH is 2. The Morgan fingerprint density at radius 2 is 1.97 bits per heavy atom. The molecule has 2 aliphatic heterocycles. The topological polar surface area (TPSA) is 124 Å². The lowest BCUT2D eigenvalue weighted by Crippen LogP contribution is -2.33. The fraction of sp³-hybridized carbons (Fsp3) is 0.524. The van der Waals surface area contributed by atoms with Crippen LogP contribution in [0.3, 0.4) is 0 Å². The molecule has 12 heteroatoms. The molecule has 3 aliphatic rings. The lowest BCUT2D eigenvalue weighted by atomic mass is 10.2. The molecule has 0 bridgehead atoms. The molecule has 10 nitrogen and oxygen atoms in total. The first-order valence-electron chi connectivity index (χ1n) is 10.6. The smallest absolute Gasteiger partial charge is 0.414 e. The minimum Gasteiger partial charge on any atom is -0.442 e. The molecule has 1 unspecified atom stereocenters. The molecule has 3 fully saturated rings. The van der Waals surface area contributed by atoms with Crippen LogP contribution >= 0.6 is 0 Å². The Bertz CT molecular complexity index is 924. The van der Waals surface area contributed by atoms with Crippen molar-refractivity contribution in [1.29, 1.82) is 0 Å². The maximum absolute atomic E-state index is 14.9. The number of ether oxygens (including phenoxy) is 1. The summed E-state index contributed by atoms with van der Waals surface area (Å²) in [6.07, 6.45) is -0.629. The van der Waals surface area contributed by atoms with Crippen molar-refractivity contribution >= 4 is 23.4 Å². The number of hydrogen-bond donors (Lipinski definition) is 4. The summed E-state index contributed by atoms with van der Waals surface area (Å²) in [5.41, 5.74) is 3.59. The number of carbonyl (C=O) groups is 2. The van der Waals surface area contributed by atoms with E-state index >= 15 is 0 Å². The summed E-state index contributed by atoms with van der Waals surface area (Å²) in [6.45, 7) is 1.95. The minimum absolute atomic E-state index is 0.0560. The van der Waals surface area contributed by atoms with E-state index in [0.29, 0.717) is 13.1 Å². The Hall–Kier alpha value is -2.96. The van der Waals surface area contributed by atoms with Crippen molar-refractivity contribution in [2.45, 2.75) is 19.1 Å². The highest BCUT2D eigenvalue weighted by Gasteiger charge is 2.51. The summed E-state index contributed by atoms with van der Waals surface area (Å²) in [6, 6.07) is 2.23. The standard InChI is InChI=1S/C21H26F2N4O6/c1-11(29)24-4-14-6-27(21(31)33-14)12-2-18(22)20(19(23)3-12)26-7-16-15(17(16)8-26)5-25-32-10-13(30)9-28/h2-3,5,13-14,16-17,25,28,30H,4,6-10H2,1H3,(H,24,29)/t13?,14-,16-,17+/m0/s1. The lowest BCUT2D eigenvalue weighted by Gasteiger charge is -2.23. The van der Waals surface area contributed by atoms with E-state index in [1.54, 1.807) is 11.1 Å². The highest BCUT2D eigenvalue weighted by atomic mass is 19.1. The normalized spacial score (nSPS) is 25.8. The molecule has 0 radical (unpaired) electrons. The molecule has 2 saturated heterocycles. The third-order valence-corrected chi connectivity index (χ3v) is 5.94. The molecule has 1 aromatic rings. The molecule has 33 heavy (non-hydrogen) atoms. The van der Waals surface area contributed by atoms with Gasteiger partial charge in [0, 0.05) is 50.2 Å². The molecular formula is C21H26F2N4O6. The number of carbonyl (C=O) groups excluding carboxylic acids is 2. The minimum atomic E-state index is -0.968. The van der Waals surface area contributed by atoms with Crippen molar-refractivity contribution < 1.29 is 38.2 Å². The number of amides is 2. The van der Waals surface area contributed by atoms with Gasteiger partial charge in [0.15, 0.2) is 11.6 Å². The number of benzene rings is 1. The van der Waals surface area contributed by atoms with E-state index in [9.17, 15) is 23.5 Å². The van der Waals surface area contributed by atoms with Crippen LogP contribution in [0.2, 0.25) is 0 Å². The fourth-order valence-electron chi connectivity index (χ4n) is 4.23. The van der Waals surface area contributed by atoms with Gasteiger partial charge in [-0.2, -0.15) is 0 Å². The van der Waals surface area contributed by atoms with Gasteiger partial charge in [0.05, 0.1) is 25.4 Å². The van der Waals surface area contributed by atoms with Crippen molar-refractivity contribution in [3.8, 4) is 0 Å². The largest absolute Gasteiger partial charge is 0.442 e. The van der Waals surface area contributed by atoms with Gasteiger partial charge in [-0.25, -0.2) is 13.6 Å². The number of nitrogens with zero attached hydrogens (tertiary/aromatic N) is 2. The van der Waals surface area contributed by atoms with Crippen molar-refractivity contribution in [3.05, 3.63) is 35.5 Å². The van der Waals surface area contributed by atoms with Crippen LogP contribution in [0.4, 0.5) is 25.0 Å². The van der Waals surface area contributed by atoms with Crippen molar-refractivity contribution in [2.75, 3.05) is 49.2 Å².